The van der Waals surface area contributed by atoms with Crippen molar-refractivity contribution in [2.24, 2.45) is 0 Å². The molecule has 0 bridgehead atoms. The summed E-state index contributed by atoms with van der Waals surface area (Å²) in [5.41, 5.74) is 1.66. The van der Waals surface area contributed by atoms with E-state index >= 15 is 0 Å². The molecule has 0 fully saturated rings. The Morgan fingerprint density at radius 1 is 1.08 bits per heavy atom. The number of nitrogens with one attached hydrogen (secondary N) is 1. The first kappa shape index (κ1) is 16.5. The van der Waals surface area contributed by atoms with E-state index < -0.39 is 6.10 Å². The van der Waals surface area contributed by atoms with Crippen molar-refractivity contribution in [3.8, 4) is 10.8 Å². The van der Waals surface area contributed by atoms with Gasteiger partial charge < -0.3 is 14.8 Å². The lowest BCUT2D eigenvalue weighted by atomic mass is 10.1. The number of para-hydroxylation sites is 1. The molecule has 2 heterocycles. The quantitative estimate of drug-likeness (QED) is 0.561. The molecule has 0 spiro atoms. The third-order valence-electron chi connectivity index (χ3n) is 3.97. The maximum Gasteiger partial charge on any atom is 0.287 e. The molecule has 5 nitrogen and oxygen atoms in total. The normalized spacial score (nSPS) is 12.2. The summed E-state index contributed by atoms with van der Waals surface area (Å²) in [6.07, 6.45) is -0.765. The molecule has 2 N–H and O–H groups in total. The molecule has 0 aliphatic heterocycles. The van der Waals surface area contributed by atoms with E-state index in [-0.39, 0.29) is 18.2 Å². The second kappa shape index (κ2) is 7.11. The van der Waals surface area contributed by atoms with Crippen LogP contribution < -0.4 is 5.32 Å². The molecule has 0 saturated heterocycles. The third kappa shape index (κ3) is 3.37. The van der Waals surface area contributed by atoms with Gasteiger partial charge >= 0.3 is 0 Å². The first-order chi connectivity index (χ1) is 12.7. The van der Waals surface area contributed by atoms with Crippen LogP contribution in [-0.2, 0) is 0 Å². The van der Waals surface area contributed by atoms with Gasteiger partial charge in [-0.15, -0.1) is 11.3 Å². The van der Waals surface area contributed by atoms with Crippen LogP contribution in [0.2, 0.25) is 0 Å². The highest BCUT2D eigenvalue weighted by Gasteiger charge is 2.16. The highest BCUT2D eigenvalue weighted by Crippen LogP contribution is 2.31. The number of carbonyl (C=O) groups excluding carboxylic acids is 1. The molecular formula is C20H16N2O3S. The van der Waals surface area contributed by atoms with Crippen molar-refractivity contribution in [2.45, 2.75) is 6.10 Å². The van der Waals surface area contributed by atoms with E-state index in [1.165, 1.54) is 11.3 Å². The standard InChI is InChI=1S/C20H16N2O3S/c23-15(13-6-2-1-3-7-13)12-21-19(24)16-10-11-17(25-16)20-22-14-8-4-5-9-18(14)26-20/h1-11,15,23H,12H2,(H,21,24). The summed E-state index contributed by atoms with van der Waals surface area (Å²) in [6.45, 7) is 0.111. The summed E-state index contributed by atoms with van der Waals surface area (Å²) in [4.78, 5) is 16.8. The molecule has 0 aliphatic carbocycles. The predicted molar refractivity (Wildman–Crippen MR) is 101 cm³/mol. The Labute approximate surface area is 153 Å². The van der Waals surface area contributed by atoms with Crippen LogP contribution in [0.4, 0.5) is 0 Å². The number of benzene rings is 2. The lowest BCUT2D eigenvalue weighted by Crippen LogP contribution is -2.28. The zero-order valence-corrected chi connectivity index (χ0v) is 14.6. The van der Waals surface area contributed by atoms with Gasteiger partial charge in [-0.2, -0.15) is 0 Å². The third-order valence-corrected chi connectivity index (χ3v) is 5.03. The predicted octanol–water partition coefficient (Wildman–Crippen LogP) is 4.02. The van der Waals surface area contributed by atoms with E-state index in [4.69, 9.17) is 4.42 Å². The second-order valence-electron chi connectivity index (χ2n) is 5.79. The topological polar surface area (TPSA) is 75.4 Å². The van der Waals surface area contributed by atoms with Crippen LogP contribution in [0, 0.1) is 0 Å². The molecule has 2 aromatic heterocycles. The summed E-state index contributed by atoms with van der Waals surface area (Å²) in [6, 6.07) is 20.4. The number of furan rings is 1. The van der Waals surface area contributed by atoms with Crippen LogP contribution in [0.3, 0.4) is 0 Å². The lowest BCUT2D eigenvalue weighted by molar-refractivity contribution is 0.0890. The molecular weight excluding hydrogens is 348 g/mol. The average Bonchev–Trinajstić information content (AvgIpc) is 3.33. The molecule has 4 rings (SSSR count). The van der Waals surface area contributed by atoms with Crippen molar-refractivity contribution in [1.29, 1.82) is 0 Å². The number of carbonyl (C=O) groups is 1. The van der Waals surface area contributed by atoms with E-state index in [0.717, 1.165) is 20.8 Å². The minimum absolute atomic E-state index is 0.111. The number of amides is 1. The highest BCUT2D eigenvalue weighted by molar-refractivity contribution is 7.21. The first-order valence-electron chi connectivity index (χ1n) is 8.18. The van der Waals surface area contributed by atoms with Crippen LogP contribution in [0.15, 0.2) is 71.1 Å². The molecule has 1 unspecified atom stereocenters. The monoisotopic (exact) mass is 364 g/mol. The van der Waals surface area contributed by atoms with Gasteiger partial charge in [-0.25, -0.2) is 4.98 Å². The maximum atomic E-state index is 12.3. The summed E-state index contributed by atoms with van der Waals surface area (Å²) in [7, 11) is 0. The van der Waals surface area contributed by atoms with Crippen LogP contribution >= 0.6 is 11.3 Å². The minimum atomic E-state index is -0.765. The highest BCUT2D eigenvalue weighted by atomic mass is 32.1. The second-order valence-corrected chi connectivity index (χ2v) is 6.82. The fourth-order valence-electron chi connectivity index (χ4n) is 2.62. The van der Waals surface area contributed by atoms with Crippen molar-refractivity contribution in [3.63, 3.8) is 0 Å². The largest absolute Gasteiger partial charge is 0.448 e. The minimum Gasteiger partial charge on any atom is -0.448 e. The maximum absolute atomic E-state index is 12.3. The number of nitrogens with zero attached hydrogens (tertiary/aromatic N) is 1. The lowest BCUT2D eigenvalue weighted by Gasteiger charge is -2.11. The summed E-state index contributed by atoms with van der Waals surface area (Å²) in [5.74, 6) is 0.381. The van der Waals surface area contributed by atoms with E-state index in [2.05, 4.69) is 10.3 Å². The van der Waals surface area contributed by atoms with Gasteiger partial charge in [0.2, 0.25) is 0 Å². The number of aliphatic hydroxyl groups excluding tert-OH is 1. The Hall–Kier alpha value is -2.96. The van der Waals surface area contributed by atoms with Gasteiger partial charge in [0.1, 0.15) is 0 Å². The molecule has 26 heavy (non-hydrogen) atoms. The summed E-state index contributed by atoms with van der Waals surface area (Å²) >= 11 is 1.51. The number of fused-ring (bicyclic) bond motifs is 1. The van der Waals surface area contributed by atoms with Gasteiger partial charge in [-0.1, -0.05) is 42.5 Å². The van der Waals surface area contributed by atoms with Gasteiger partial charge in [0, 0.05) is 6.54 Å². The average molecular weight is 364 g/mol. The SMILES string of the molecule is O=C(NCC(O)c1ccccc1)c1ccc(-c2nc3ccccc3s2)o1. The fraction of sp³-hybridized carbons (Fsp3) is 0.100. The Balaban J connectivity index is 1.44. The van der Waals surface area contributed by atoms with Crippen LogP contribution in [0.5, 0.6) is 0 Å². The molecule has 4 aromatic rings. The van der Waals surface area contributed by atoms with E-state index in [9.17, 15) is 9.90 Å². The van der Waals surface area contributed by atoms with Crippen LogP contribution in [0.1, 0.15) is 22.2 Å². The zero-order valence-electron chi connectivity index (χ0n) is 13.8. The molecule has 0 radical (unpaired) electrons. The summed E-state index contributed by atoms with van der Waals surface area (Å²) < 4.78 is 6.72. The molecule has 0 saturated carbocycles. The van der Waals surface area contributed by atoms with Crippen molar-refractivity contribution in [3.05, 3.63) is 78.1 Å². The Morgan fingerprint density at radius 2 is 1.85 bits per heavy atom. The van der Waals surface area contributed by atoms with Crippen molar-refractivity contribution in [1.82, 2.24) is 10.3 Å². The molecule has 130 valence electrons. The summed E-state index contributed by atoms with van der Waals surface area (Å²) in [5, 5.41) is 13.5. The Morgan fingerprint density at radius 3 is 2.65 bits per heavy atom. The number of aliphatic hydroxyl groups is 1. The Bertz CT molecular complexity index is 1010. The van der Waals surface area contributed by atoms with E-state index in [0.29, 0.717) is 5.76 Å². The Kier molecular flexibility index (Phi) is 4.51. The van der Waals surface area contributed by atoms with E-state index in [1.54, 1.807) is 12.1 Å². The van der Waals surface area contributed by atoms with Crippen molar-refractivity contribution < 1.29 is 14.3 Å². The smallest absolute Gasteiger partial charge is 0.287 e. The molecule has 2 aromatic carbocycles. The number of thiazole rings is 1. The van der Waals surface area contributed by atoms with Crippen LogP contribution in [-0.4, -0.2) is 22.5 Å². The van der Waals surface area contributed by atoms with Gasteiger partial charge in [-0.3, -0.25) is 4.79 Å². The van der Waals surface area contributed by atoms with Gasteiger partial charge in [0.15, 0.2) is 16.5 Å². The number of hydrogen-bond donors (Lipinski definition) is 2. The van der Waals surface area contributed by atoms with Crippen LogP contribution in [0.25, 0.3) is 21.0 Å². The number of rotatable bonds is 5. The fourth-order valence-corrected chi connectivity index (χ4v) is 3.55. The molecule has 0 aliphatic rings. The number of hydrogen-bond acceptors (Lipinski definition) is 5. The first-order valence-corrected chi connectivity index (χ1v) is 8.99. The van der Waals surface area contributed by atoms with E-state index in [1.807, 2.05) is 54.6 Å². The van der Waals surface area contributed by atoms with Gasteiger partial charge in [0.25, 0.3) is 5.91 Å². The molecule has 1 amide bonds. The molecule has 1 atom stereocenters. The van der Waals surface area contributed by atoms with Gasteiger partial charge in [0.05, 0.1) is 16.3 Å². The zero-order chi connectivity index (χ0) is 17.9. The van der Waals surface area contributed by atoms with Crippen molar-refractivity contribution >= 4 is 27.5 Å². The molecule has 6 heteroatoms. The van der Waals surface area contributed by atoms with Crippen molar-refractivity contribution in [2.75, 3.05) is 6.54 Å². The van der Waals surface area contributed by atoms with Gasteiger partial charge in [-0.05, 0) is 29.8 Å². The number of aromatic nitrogens is 1.